The van der Waals surface area contributed by atoms with E-state index in [2.05, 4.69) is 10.6 Å². The maximum Gasteiger partial charge on any atom is 0.319 e. The van der Waals surface area contributed by atoms with Crippen LogP contribution in [0.2, 0.25) is 0 Å². The van der Waals surface area contributed by atoms with Gasteiger partial charge in [0.15, 0.2) is 0 Å². The van der Waals surface area contributed by atoms with Gasteiger partial charge in [0, 0.05) is 18.7 Å². The van der Waals surface area contributed by atoms with Crippen LogP contribution in [-0.4, -0.2) is 19.1 Å². The molecule has 2 aromatic rings. The summed E-state index contributed by atoms with van der Waals surface area (Å²) in [6.07, 6.45) is 0.779. The summed E-state index contributed by atoms with van der Waals surface area (Å²) in [6, 6.07) is 14.5. The number of ether oxygens (including phenoxy) is 2. The van der Waals surface area contributed by atoms with E-state index < -0.39 is 0 Å². The van der Waals surface area contributed by atoms with Gasteiger partial charge < -0.3 is 20.1 Å². The molecule has 0 saturated heterocycles. The Labute approximate surface area is 159 Å². The number of methoxy groups -OCH3 is 1. The van der Waals surface area contributed by atoms with Crippen LogP contribution in [0.1, 0.15) is 43.9 Å². The first kappa shape index (κ1) is 20.3. The number of hydrogen-bond donors (Lipinski definition) is 2. The number of urea groups is 1. The summed E-state index contributed by atoms with van der Waals surface area (Å²) in [7, 11) is 1.61. The van der Waals surface area contributed by atoms with E-state index in [1.807, 2.05) is 43.3 Å². The van der Waals surface area contributed by atoms with Crippen molar-refractivity contribution in [2.75, 3.05) is 12.4 Å². The number of anilines is 1. The van der Waals surface area contributed by atoms with E-state index >= 15 is 0 Å². The van der Waals surface area contributed by atoms with Crippen molar-refractivity contribution in [3.63, 3.8) is 0 Å². The standard InChI is InChI=1S/C21H26N2O4/c1-4-19(27-20(24)5-2)16-8-10-17(11-9-16)23-21(25)22-14-15-6-12-18(26-3)13-7-15/h6-13,19H,4-5,14H2,1-3H3,(H2,22,23,25). The normalized spacial score (nSPS) is 11.4. The van der Waals surface area contributed by atoms with E-state index in [4.69, 9.17) is 9.47 Å². The van der Waals surface area contributed by atoms with Gasteiger partial charge in [0.1, 0.15) is 11.9 Å². The van der Waals surface area contributed by atoms with Crippen molar-refractivity contribution in [3.05, 3.63) is 59.7 Å². The molecule has 0 bridgehead atoms. The van der Waals surface area contributed by atoms with Gasteiger partial charge in [-0.25, -0.2) is 4.79 Å². The van der Waals surface area contributed by atoms with Gasteiger partial charge in [-0.15, -0.1) is 0 Å². The van der Waals surface area contributed by atoms with Gasteiger partial charge in [0.05, 0.1) is 7.11 Å². The van der Waals surface area contributed by atoms with Crippen LogP contribution < -0.4 is 15.4 Å². The van der Waals surface area contributed by atoms with Gasteiger partial charge in [-0.1, -0.05) is 38.1 Å². The summed E-state index contributed by atoms with van der Waals surface area (Å²) in [6.45, 7) is 4.15. The number of esters is 1. The third-order valence-corrected chi connectivity index (χ3v) is 4.09. The minimum absolute atomic E-state index is 0.220. The lowest BCUT2D eigenvalue weighted by atomic mass is 10.1. The quantitative estimate of drug-likeness (QED) is 0.674. The van der Waals surface area contributed by atoms with Crippen LogP contribution in [0.3, 0.4) is 0 Å². The summed E-state index contributed by atoms with van der Waals surface area (Å²) in [5, 5.41) is 5.60. The average molecular weight is 370 g/mol. The van der Waals surface area contributed by atoms with Crippen LogP contribution in [0.25, 0.3) is 0 Å². The van der Waals surface area contributed by atoms with E-state index in [-0.39, 0.29) is 18.1 Å². The highest BCUT2D eigenvalue weighted by molar-refractivity contribution is 5.89. The minimum Gasteiger partial charge on any atom is -0.497 e. The number of carbonyl (C=O) groups is 2. The fourth-order valence-corrected chi connectivity index (χ4v) is 2.51. The van der Waals surface area contributed by atoms with Gasteiger partial charge in [0.25, 0.3) is 0 Å². The minimum atomic E-state index is -0.289. The molecule has 6 nitrogen and oxygen atoms in total. The van der Waals surface area contributed by atoms with Crippen LogP contribution in [0.4, 0.5) is 10.5 Å². The molecular weight excluding hydrogens is 344 g/mol. The Balaban J connectivity index is 1.87. The Hall–Kier alpha value is -3.02. The number of rotatable bonds is 8. The highest BCUT2D eigenvalue weighted by atomic mass is 16.5. The molecule has 2 N–H and O–H groups in total. The largest absolute Gasteiger partial charge is 0.497 e. The lowest BCUT2D eigenvalue weighted by molar-refractivity contribution is -0.149. The SMILES string of the molecule is CCC(=O)OC(CC)c1ccc(NC(=O)NCc2ccc(OC)cc2)cc1. The van der Waals surface area contributed by atoms with Crippen LogP contribution in [0.5, 0.6) is 5.75 Å². The Kier molecular flexibility index (Phi) is 7.67. The van der Waals surface area contributed by atoms with E-state index in [1.54, 1.807) is 26.2 Å². The summed E-state index contributed by atoms with van der Waals surface area (Å²) in [5.41, 5.74) is 2.55. The lowest BCUT2D eigenvalue weighted by Gasteiger charge is -2.16. The zero-order valence-electron chi connectivity index (χ0n) is 16.0. The number of benzene rings is 2. The zero-order valence-corrected chi connectivity index (χ0v) is 16.0. The molecule has 1 unspecified atom stereocenters. The van der Waals surface area contributed by atoms with Gasteiger partial charge in [-0.3, -0.25) is 4.79 Å². The zero-order chi connectivity index (χ0) is 19.6. The molecule has 2 aromatic carbocycles. The molecule has 0 aromatic heterocycles. The second-order valence-electron chi connectivity index (χ2n) is 6.02. The molecule has 0 heterocycles. The first-order valence-electron chi connectivity index (χ1n) is 9.02. The van der Waals surface area contributed by atoms with Gasteiger partial charge in [-0.05, 0) is 41.8 Å². The molecule has 0 spiro atoms. The van der Waals surface area contributed by atoms with E-state index in [1.165, 1.54) is 0 Å². The van der Waals surface area contributed by atoms with Crippen molar-refractivity contribution in [3.8, 4) is 5.75 Å². The van der Waals surface area contributed by atoms with E-state index in [0.717, 1.165) is 16.9 Å². The second kappa shape index (κ2) is 10.2. The predicted molar refractivity (Wildman–Crippen MR) is 105 cm³/mol. The highest BCUT2D eigenvalue weighted by Gasteiger charge is 2.13. The molecule has 2 rings (SSSR count). The van der Waals surface area contributed by atoms with Crippen molar-refractivity contribution >= 4 is 17.7 Å². The fraction of sp³-hybridized carbons (Fsp3) is 0.333. The summed E-state index contributed by atoms with van der Waals surface area (Å²) < 4.78 is 10.5. The number of nitrogens with one attached hydrogen (secondary N) is 2. The van der Waals surface area contributed by atoms with Crippen LogP contribution >= 0.6 is 0 Å². The molecular formula is C21H26N2O4. The van der Waals surface area contributed by atoms with Gasteiger partial charge in [0.2, 0.25) is 0 Å². The van der Waals surface area contributed by atoms with Crippen molar-refractivity contribution in [2.24, 2.45) is 0 Å². The van der Waals surface area contributed by atoms with E-state index in [0.29, 0.717) is 25.1 Å². The van der Waals surface area contributed by atoms with E-state index in [9.17, 15) is 9.59 Å². The molecule has 0 aliphatic heterocycles. The first-order chi connectivity index (χ1) is 13.0. The van der Waals surface area contributed by atoms with Crippen LogP contribution in [0, 0.1) is 0 Å². The summed E-state index contributed by atoms with van der Waals surface area (Å²) >= 11 is 0. The molecule has 0 fully saturated rings. The van der Waals surface area contributed by atoms with Crippen molar-refractivity contribution in [1.82, 2.24) is 5.32 Å². The van der Waals surface area contributed by atoms with Crippen molar-refractivity contribution in [1.29, 1.82) is 0 Å². The highest BCUT2D eigenvalue weighted by Crippen LogP contribution is 2.23. The number of hydrogen-bond acceptors (Lipinski definition) is 4. The molecule has 144 valence electrons. The maximum atomic E-state index is 12.1. The number of amides is 2. The van der Waals surface area contributed by atoms with Gasteiger partial charge in [-0.2, -0.15) is 0 Å². The first-order valence-corrected chi connectivity index (χ1v) is 9.02. The molecule has 0 aliphatic carbocycles. The average Bonchev–Trinajstić information content (AvgIpc) is 2.71. The smallest absolute Gasteiger partial charge is 0.319 e. The molecule has 2 amide bonds. The van der Waals surface area contributed by atoms with Crippen molar-refractivity contribution < 1.29 is 19.1 Å². The predicted octanol–water partition coefficient (Wildman–Crippen LogP) is 4.42. The molecule has 27 heavy (non-hydrogen) atoms. The molecule has 0 saturated carbocycles. The Morgan fingerprint density at radius 2 is 1.67 bits per heavy atom. The lowest BCUT2D eigenvalue weighted by Crippen LogP contribution is -2.28. The second-order valence-corrected chi connectivity index (χ2v) is 6.02. The number of carbonyl (C=O) groups excluding carboxylic acids is 2. The third-order valence-electron chi connectivity index (χ3n) is 4.09. The summed E-state index contributed by atoms with van der Waals surface area (Å²) in [5.74, 6) is 0.556. The maximum absolute atomic E-state index is 12.1. The van der Waals surface area contributed by atoms with Crippen LogP contribution in [0.15, 0.2) is 48.5 Å². The fourth-order valence-electron chi connectivity index (χ4n) is 2.51. The Morgan fingerprint density at radius 1 is 1.00 bits per heavy atom. The summed E-state index contributed by atoms with van der Waals surface area (Å²) in [4.78, 5) is 23.5. The van der Waals surface area contributed by atoms with Crippen LogP contribution in [-0.2, 0) is 16.1 Å². The topological polar surface area (TPSA) is 76.7 Å². The molecule has 6 heteroatoms. The molecule has 0 radical (unpaired) electrons. The molecule has 0 aliphatic rings. The monoisotopic (exact) mass is 370 g/mol. The van der Waals surface area contributed by atoms with Crippen molar-refractivity contribution in [2.45, 2.75) is 39.3 Å². The molecule has 1 atom stereocenters. The Bertz CT molecular complexity index is 742. The third kappa shape index (κ3) is 6.33. The van der Waals surface area contributed by atoms with Gasteiger partial charge >= 0.3 is 12.0 Å². The Morgan fingerprint density at radius 3 is 2.22 bits per heavy atom.